The van der Waals surface area contributed by atoms with E-state index in [1.807, 2.05) is 91.8 Å². The van der Waals surface area contributed by atoms with Crippen molar-refractivity contribution < 1.29 is 14.3 Å². The lowest BCUT2D eigenvalue weighted by atomic mass is 9.85. The van der Waals surface area contributed by atoms with Gasteiger partial charge in [-0.25, -0.2) is 4.68 Å². The first kappa shape index (κ1) is 27.9. The number of ether oxygens (including phenoxy) is 1. The standard InChI is InChI=1S/C32H36N6O3/c1-36(2)26-17-15-25(16-18-26)33-32(40)31(24-9-5-4-6-10-24)37(21-23-13-19-27(41-3)20-14-23)30(39)22-38-29-12-8-7-11-28(29)34-35-38/h4-5,7-8,11-20,24,31H,6,9-10,21-22H2,1-3H3,(H,33,40)/t24-,31+/m1/s1. The number of allylic oxidation sites excluding steroid dienone is 2. The minimum atomic E-state index is -0.683. The van der Waals surface area contributed by atoms with Crippen LogP contribution in [-0.2, 0) is 22.7 Å². The monoisotopic (exact) mass is 552 g/mol. The second-order valence-corrected chi connectivity index (χ2v) is 10.5. The second-order valence-electron chi connectivity index (χ2n) is 10.5. The van der Waals surface area contributed by atoms with Gasteiger partial charge in [0.15, 0.2) is 0 Å². The molecule has 1 heterocycles. The third-order valence-corrected chi connectivity index (χ3v) is 7.55. The van der Waals surface area contributed by atoms with E-state index >= 15 is 0 Å². The van der Waals surface area contributed by atoms with E-state index in [1.165, 1.54) is 0 Å². The molecular formula is C32H36N6O3. The van der Waals surface area contributed by atoms with Crippen LogP contribution in [0.15, 0.2) is 84.9 Å². The van der Waals surface area contributed by atoms with Crippen LogP contribution in [-0.4, -0.2) is 59.0 Å². The third-order valence-electron chi connectivity index (χ3n) is 7.55. The van der Waals surface area contributed by atoms with E-state index in [-0.39, 0.29) is 30.8 Å². The van der Waals surface area contributed by atoms with Crippen LogP contribution in [0.3, 0.4) is 0 Å². The molecule has 0 radical (unpaired) electrons. The summed E-state index contributed by atoms with van der Waals surface area (Å²) in [7, 11) is 5.57. The number of hydrogen-bond acceptors (Lipinski definition) is 6. The maximum Gasteiger partial charge on any atom is 0.247 e. The average Bonchev–Trinajstić information content (AvgIpc) is 3.40. The number of nitrogens with zero attached hydrogens (tertiary/aromatic N) is 5. The van der Waals surface area contributed by atoms with Gasteiger partial charge in [-0.1, -0.05) is 41.6 Å². The van der Waals surface area contributed by atoms with Gasteiger partial charge < -0.3 is 19.9 Å². The van der Waals surface area contributed by atoms with Crippen LogP contribution in [0, 0.1) is 5.92 Å². The van der Waals surface area contributed by atoms with Gasteiger partial charge in [0.05, 0.1) is 12.6 Å². The third kappa shape index (κ3) is 6.57. The Kier molecular flexibility index (Phi) is 8.62. The summed E-state index contributed by atoms with van der Waals surface area (Å²) in [5.41, 5.74) is 4.12. The Morgan fingerprint density at radius 3 is 2.46 bits per heavy atom. The number of benzene rings is 3. The van der Waals surface area contributed by atoms with Crippen LogP contribution in [0.4, 0.5) is 11.4 Å². The molecular weight excluding hydrogens is 516 g/mol. The number of fused-ring (bicyclic) bond motifs is 1. The number of amides is 2. The SMILES string of the molecule is COc1ccc(CN(C(=O)Cn2nnc3ccccc32)[C@H](C(=O)Nc2ccc(N(C)C)cc2)[C@@H]2CC=CCC2)cc1. The number of carbonyl (C=O) groups is 2. The maximum absolute atomic E-state index is 14.2. The van der Waals surface area contributed by atoms with Gasteiger partial charge in [-0.2, -0.15) is 0 Å². The molecule has 1 aliphatic carbocycles. The van der Waals surface area contributed by atoms with Gasteiger partial charge in [0.25, 0.3) is 0 Å². The predicted octanol–water partition coefficient (Wildman–Crippen LogP) is 4.90. The van der Waals surface area contributed by atoms with Crippen LogP contribution in [0.25, 0.3) is 11.0 Å². The summed E-state index contributed by atoms with van der Waals surface area (Å²) in [6.07, 6.45) is 6.65. The highest BCUT2D eigenvalue weighted by atomic mass is 16.5. The molecule has 2 amide bonds. The molecule has 9 nitrogen and oxygen atoms in total. The van der Waals surface area contributed by atoms with Crippen molar-refractivity contribution in [3.8, 4) is 5.75 Å². The molecule has 9 heteroatoms. The van der Waals surface area contributed by atoms with E-state index in [0.717, 1.165) is 47.3 Å². The summed E-state index contributed by atoms with van der Waals surface area (Å²) in [6.45, 7) is 0.244. The van der Waals surface area contributed by atoms with Crippen molar-refractivity contribution in [2.45, 2.75) is 38.4 Å². The Morgan fingerprint density at radius 2 is 1.78 bits per heavy atom. The predicted molar refractivity (Wildman–Crippen MR) is 161 cm³/mol. The zero-order valence-electron chi connectivity index (χ0n) is 23.7. The van der Waals surface area contributed by atoms with Gasteiger partial charge in [-0.15, -0.1) is 5.10 Å². The van der Waals surface area contributed by atoms with Crippen LogP contribution in [0.5, 0.6) is 5.75 Å². The van der Waals surface area contributed by atoms with Crippen molar-refractivity contribution >= 4 is 34.2 Å². The molecule has 0 spiro atoms. The van der Waals surface area contributed by atoms with E-state index in [1.54, 1.807) is 16.7 Å². The minimum Gasteiger partial charge on any atom is -0.497 e. The molecule has 1 aromatic heterocycles. The average molecular weight is 553 g/mol. The highest BCUT2D eigenvalue weighted by Gasteiger charge is 2.37. The topological polar surface area (TPSA) is 92.6 Å². The van der Waals surface area contributed by atoms with Crippen molar-refractivity contribution in [3.63, 3.8) is 0 Å². The molecule has 0 bridgehead atoms. The van der Waals surface area contributed by atoms with E-state index in [0.29, 0.717) is 5.69 Å². The number of nitrogens with one attached hydrogen (secondary N) is 1. The lowest BCUT2D eigenvalue weighted by Gasteiger charge is -2.37. The van der Waals surface area contributed by atoms with Gasteiger partial charge in [-0.05, 0) is 79.3 Å². The van der Waals surface area contributed by atoms with Crippen molar-refractivity contribution in [2.75, 3.05) is 31.4 Å². The van der Waals surface area contributed by atoms with Gasteiger partial charge >= 0.3 is 0 Å². The Bertz CT molecular complexity index is 1510. The Morgan fingerprint density at radius 1 is 1.02 bits per heavy atom. The molecule has 212 valence electrons. The summed E-state index contributed by atoms with van der Waals surface area (Å²) < 4.78 is 6.93. The molecule has 1 N–H and O–H groups in total. The fourth-order valence-corrected chi connectivity index (χ4v) is 5.30. The zero-order chi connectivity index (χ0) is 28.8. The van der Waals surface area contributed by atoms with Gasteiger partial charge in [-0.3, -0.25) is 9.59 Å². The Labute approximate surface area is 240 Å². The molecule has 2 atom stereocenters. The first-order chi connectivity index (χ1) is 19.9. The highest BCUT2D eigenvalue weighted by Crippen LogP contribution is 2.29. The van der Waals surface area contributed by atoms with E-state index in [2.05, 4.69) is 27.8 Å². The van der Waals surface area contributed by atoms with Crippen LogP contribution < -0.4 is 15.0 Å². The summed E-state index contributed by atoms with van der Waals surface area (Å²) in [4.78, 5) is 32.0. The Hall–Kier alpha value is -4.66. The lowest BCUT2D eigenvalue weighted by Crippen LogP contribution is -2.52. The zero-order valence-corrected chi connectivity index (χ0v) is 23.7. The molecule has 0 saturated heterocycles. The second kappa shape index (κ2) is 12.7. The molecule has 1 aliphatic rings. The fraction of sp³-hybridized carbons (Fsp3) is 0.312. The van der Waals surface area contributed by atoms with Crippen molar-refractivity contribution in [3.05, 3.63) is 90.5 Å². The lowest BCUT2D eigenvalue weighted by molar-refractivity contribution is -0.142. The number of aromatic nitrogens is 3. The van der Waals surface area contributed by atoms with Crippen molar-refractivity contribution in [1.29, 1.82) is 0 Å². The molecule has 0 unspecified atom stereocenters. The molecule has 41 heavy (non-hydrogen) atoms. The summed E-state index contributed by atoms with van der Waals surface area (Å²) in [5.74, 6) is 0.298. The first-order valence-electron chi connectivity index (χ1n) is 13.9. The molecule has 3 aromatic carbocycles. The molecule has 0 aliphatic heterocycles. The maximum atomic E-state index is 14.2. The summed E-state index contributed by atoms with van der Waals surface area (Å²) in [6, 6.07) is 22.2. The first-order valence-corrected chi connectivity index (χ1v) is 13.9. The normalized spacial score (nSPS) is 15.3. The number of carbonyl (C=O) groups excluding carboxylic acids is 2. The number of para-hydroxylation sites is 1. The van der Waals surface area contributed by atoms with E-state index in [4.69, 9.17) is 4.74 Å². The van der Waals surface area contributed by atoms with Crippen molar-refractivity contribution in [1.82, 2.24) is 19.9 Å². The van der Waals surface area contributed by atoms with Crippen LogP contribution >= 0.6 is 0 Å². The van der Waals surface area contributed by atoms with Crippen LogP contribution in [0.2, 0.25) is 0 Å². The molecule has 5 rings (SSSR count). The van der Waals surface area contributed by atoms with Crippen molar-refractivity contribution in [2.24, 2.45) is 5.92 Å². The fourth-order valence-electron chi connectivity index (χ4n) is 5.30. The molecule has 0 saturated carbocycles. The Balaban J connectivity index is 1.48. The molecule has 0 fully saturated rings. The highest BCUT2D eigenvalue weighted by molar-refractivity contribution is 5.97. The van der Waals surface area contributed by atoms with Gasteiger partial charge in [0.1, 0.15) is 23.9 Å². The van der Waals surface area contributed by atoms with Gasteiger partial charge in [0, 0.05) is 32.0 Å². The number of anilines is 2. The quantitative estimate of drug-likeness (QED) is 0.282. The van der Waals surface area contributed by atoms with E-state index < -0.39 is 6.04 Å². The number of hydrogen-bond donors (Lipinski definition) is 1. The summed E-state index contributed by atoms with van der Waals surface area (Å²) >= 11 is 0. The largest absolute Gasteiger partial charge is 0.497 e. The number of rotatable bonds is 10. The van der Waals surface area contributed by atoms with E-state index in [9.17, 15) is 9.59 Å². The molecule has 4 aromatic rings. The summed E-state index contributed by atoms with van der Waals surface area (Å²) in [5, 5.41) is 11.6. The number of methoxy groups -OCH3 is 1. The van der Waals surface area contributed by atoms with Crippen LogP contribution in [0.1, 0.15) is 24.8 Å². The van der Waals surface area contributed by atoms with Gasteiger partial charge in [0.2, 0.25) is 11.8 Å². The smallest absolute Gasteiger partial charge is 0.247 e. The minimum absolute atomic E-state index is 0.0272.